The van der Waals surface area contributed by atoms with Gasteiger partial charge in [0.15, 0.2) is 6.61 Å². The Bertz CT molecular complexity index is 750. The number of rotatable bonds is 6. The van der Waals surface area contributed by atoms with Crippen molar-refractivity contribution in [2.45, 2.75) is 0 Å². The Kier molecular flexibility index (Phi) is 6.11. The first kappa shape index (κ1) is 18.0. The maximum atomic E-state index is 12.2. The number of methoxy groups -OCH3 is 2. The molecule has 130 valence electrons. The van der Waals surface area contributed by atoms with Gasteiger partial charge in [0, 0.05) is 5.56 Å². The molecule has 0 aromatic heterocycles. The predicted molar refractivity (Wildman–Crippen MR) is 88.7 cm³/mol. The third-order valence-corrected chi connectivity index (χ3v) is 3.26. The van der Waals surface area contributed by atoms with Gasteiger partial charge in [-0.25, -0.2) is 4.79 Å². The van der Waals surface area contributed by atoms with Crippen molar-refractivity contribution in [3.05, 3.63) is 59.7 Å². The average molecular weight is 343 g/mol. The highest BCUT2D eigenvalue weighted by atomic mass is 16.5. The Hall–Kier alpha value is -3.35. The van der Waals surface area contributed by atoms with Crippen LogP contribution in [0, 0.1) is 0 Å². The molecule has 1 N–H and O–H groups in total. The minimum Gasteiger partial charge on any atom is -0.496 e. The summed E-state index contributed by atoms with van der Waals surface area (Å²) < 4.78 is 15.2. The molecule has 0 heterocycles. The van der Waals surface area contributed by atoms with E-state index in [9.17, 15) is 14.4 Å². The van der Waals surface area contributed by atoms with Crippen LogP contribution in [0.1, 0.15) is 20.7 Å². The average Bonchev–Trinajstić information content (AvgIpc) is 2.65. The molecule has 25 heavy (non-hydrogen) atoms. The molecular formula is C18H17NO6. The molecule has 0 aliphatic rings. The smallest absolute Gasteiger partial charge is 0.346 e. The molecule has 2 rings (SSSR count). The van der Waals surface area contributed by atoms with Gasteiger partial charge in [0.2, 0.25) is 0 Å². The Morgan fingerprint density at radius 1 is 0.880 bits per heavy atom. The SMILES string of the molecule is COc1cccc(OC)c1C(=O)OCC(=O)NC(=O)c1ccccc1. The third-order valence-electron chi connectivity index (χ3n) is 3.26. The van der Waals surface area contributed by atoms with E-state index < -0.39 is 24.4 Å². The lowest BCUT2D eigenvalue weighted by Crippen LogP contribution is -2.34. The largest absolute Gasteiger partial charge is 0.496 e. The number of carbonyl (C=O) groups is 3. The van der Waals surface area contributed by atoms with E-state index in [0.717, 1.165) is 0 Å². The van der Waals surface area contributed by atoms with Crippen molar-refractivity contribution >= 4 is 17.8 Å². The standard InChI is InChI=1S/C18H17NO6/c1-23-13-9-6-10-14(24-2)16(13)18(22)25-11-15(20)19-17(21)12-7-4-3-5-8-12/h3-10H,11H2,1-2H3,(H,19,20,21). The molecule has 0 spiro atoms. The van der Waals surface area contributed by atoms with Crippen LogP contribution in [-0.2, 0) is 9.53 Å². The number of benzene rings is 2. The van der Waals surface area contributed by atoms with Crippen LogP contribution in [-0.4, -0.2) is 38.6 Å². The van der Waals surface area contributed by atoms with Crippen LogP contribution in [0.2, 0.25) is 0 Å². The zero-order valence-corrected chi connectivity index (χ0v) is 13.8. The summed E-state index contributed by atoms with van der Waals surface area (Å²) >= 11 is 0. The lowest BCUT2D eigenvalue weighted by molar-refractivity contribution is -0.123. The number of nitrogens with one attached hydrogen (secondary N) is 1. The molecule has 0 aliphatic heterocycles. The number of esters is 1. The fourth-order valence-electron chi connectivity index (χ4n) is 2.08. The monoisotopic (exact) mass is 343 g/mol. The Labute approximate surface area is 144 Å². The number of hydrogen-bond donors (Lipinski definition) is 1. The van der Waals surface area contributed by atoms with E-state index in [4.69, 9.17) is 14.2 Å². The number of amides is 2. The van der Waals surface area contributed by atoms with Crippen LogP contribution in [0.25, 0.3) is 0 Å². The molecule has 0 aliphatic carbocycles. The molecule has 0 bridgehead atoms. The van der Waals surface area contributed by atoms with Crippen molar-refractivity contribution in [3.63, 3.8) is 0 Å². The molecule has 7 nitrogen and oxygen atoms in total. The molecule has 0 saturated heterocycles. The minimum atomic E-state index is -0.795. The van der Waals surface area contributed by atoms with Gasteiger partial charge < -0.3 is 14.2 Å². The van der Waals surface area contributed by atoms with Gasteiger partial charge in [-0.15, -0.1) is 0 Å². The van der Waals surface area contributed by atoms with E-state index in [0.29, 0.717) is 5.56 Å². The summed E-state index contributed by atoms with van der Waals surface area (Å²) in [5.41, 5.74) is 0.392. The summed E-state index contributed by atoms with van der Waals surface area (Å²) in [5.74, 6) is -1.60. The van der Waals surface area contributed by atoms with Gasteiger partial charge in [-0.05, 0) is 24.3 Å². The lowest BCUT2D eigenvalue weighted by atomic mass is 10.2. The molecule has 2 amide bonds. The van der Waals surface area contributed by atoms with Gasteiger partial charge >= 0.3 is 5.97 Å². The summed E-state index contributed by atoms with van der Waals surface area (Å²) in [7, 11) is 2.80. The van der Waals surface area contributed by atoms with Crippen LogP contribution >= 0.6 is 0 Å². The van der Waals surface area contributed by atoms with Crippen molar-refractivity contribution < 1.29 is 28.6 Å². The van der Waals surface area contributed by atoms with Gasteiger partial charge in [-0.3, -0.25) is 14.9 Å². The second kappa shape index (κ2) is 8.49. The number of hydrogen-bond acceptors (Lipinski definition) is 6. The number of ether oxygens (including phenoxy) is 3. The van der Waals surface area contributed by atoms with Crippen LogP contribution in [0.15, 0.2) is 48.5 Å². The molecule has 7 heteroatoms. The van der Waals surface area contributed by atoms with Crippen molar-refractivity contribution in [2.24, 2.45) is 0 Å². The van der Waals surface area contributed by atoms with Gasteiger partial charge in [-0.1, -0.05) is 24.3 Å². The first-order valence-corrected chi connectivity index (χ1v) is 7.34. The molecule has 0 atom stereocenters. The van der Waals surface area contributed by atoms with Gasteiger partial charge in [-0.2, -0.15) is 0 Å². The molecule has 0 fully saturated rings. The highest BCUT2D eigenvalue weighted by Crippen LogP contribution is 2.28. The van der Waals surface area contributed by atoms with Crippen LogP contribution < -0.4 is 14.8 Å². The van der Waals surface area contributed by atoms with E-state index in [1.54, 1.807) is 48.5 Å². The van der Waals surface area contributed by atoms with E-state index in [2.05, 4.69) is 5.32 Å². The zero-order valence-electron chi connectivity index (χ0n) is 13.8. The van der Waals surface area contributed by atoms with Crippen molar-refractivity contribution in [2.75, 3.05) is 20.8 Å². The molecule has 2 aromatic carbocycles. The van der Waals surface area contributed by atoms with E-state index in [-0.39, 0.29) is 17.1 Å². The summed E-state index contributed by atoms with van der Waals surface area (Å²) in [6.45, 7) is -0.612. The summed E-state index contributed by atoms with van der Waals surface area (Å²) in [4.78, 5) is 35.9. The van der Waals surface area contributed by atoms with Crippen LogP contribution in [0.5, 0.6) is 11.5 Å². The normalized spacial score (nSPS) is 9.84. The van der Waals surface area contributed by atoms with Crippen molar-refractivity contribution in [1.29, 1.82) is 0 Å². The van der Waals surface area contributed by atoms with Gasteiger partial charge in [0.1, 0.15) is 17.1 Å². The highest BCUT2D eigenvalue weighted by molar-refractivity contribution is 6.05. The van der Waals surface area contributed by atoms with E-state index >= 15 is 0 Å². The summed E-state index contributed by atoms with van der Waals surface area (Å²) in [6.07, 6.45) is 0. The van der Waals surface area contributed by atoms with E-state index in [1.165, 1.54) is 14.2 Å². The molecular weight excluding hydrogens is 326 g/mol. The van der Waals surface area contributed by atoms with Crippen molar-refractivity contribution in [1.82, 2.24) is 5.32 Å². The maximum Gasteiger partial charge on any atom is 0.346 e. The molecule has 2 aromatic rings. The third kappa shape index (κ3) is 4.57. The van der Waals surface area contributed by atoms with Crippen molar-refractivity contribution in [3.8, 4) is 11.5 Å². The van der Waals surface area contributed by atoms with Crippen LogP contribution in [0.4, 0.5) is 0 Å². The molecule has 0 radical (unpaired) electrons. The zero-order chi connectivity index (χ0) is 18.2. The first-order chi connectivity index (χ1) is 12.1. The Morgan fingerprint density at radius 2 is 1.48 bits per heavy atom. The van der Waals surface area contributed by atoms with Gasteiger partial charge in [0.05, 0.1) is 14.2 Å². The second-order valence-corrected chi connectivity index (χ2v) is 4.86. The molecule has 0 unspecified atom stereocenters. The minimum absolute atomic E-state index is 0.0645. The lowest BCUT2D eigenvalue weighted by Gasteiger charge is -2.12. The maximum absolute atomic E-state index is 12.2. The topological polar surface area (TPSA) is 90.9 Å². The quantitative estimate of drug-likeness (QED) is 0.805. The second-order valence-electron chi connectivity index (χ2n) is 4.86. The van der Waals surface area contributed by atoms with E-state index in [1.807, 2.05) is 0 Å². The molecule has 0 saturated carbocycles. The summed E-state index contributed by atoms with van der Waals surface area (Å²) in [6, 6.07) is 13.0. The Balaban J connectivity index is 1.98. The first-order valence-electron chi connectivity index (χ1n) is 7.34. The fourth-order valence-corrected chi connectivity index (χ4v) is 2.08. The predicted octanol–water partition coefficient (Wildman–Crippen LogP) is 1.82. The fraction of sp³-hybridized carbons (Fsp3) is 0.167. The van der Waals surface area contributed by atoms with Gasteiger partial charge in [0.25, 0.3) is 11.8 Å². The highest BCUT2D eigenvalue weighted by Gasteiger charge is 2.21. The summed E-state index contributed by atoms with van der Waals surface area (Å²) in [5, 5.41) is 2.14. The number of carbonyl (C=O) groups excluding carboxylic acids is 3. The van der Waals surface area contributed by atoms with Crippen LogP contribution in [0.3, 0.4) is 0 Å². The Morgan fingerprint density at radius 3 is 2.04 bits per heavy atom. The number of imide groups is 1.